The van der Waals surface area contributed by atoms with Crippen molar-refractivity contribution in [2.75, 3.05) is 4.72 Å². The lowest BCUT2D eigenvalue weighted by Gasteiger charge is -2.07. The molecule has 22 heavy (non-hydrogen) atoms. The minimum absolute atomic E-state index is 0.0227. The highest BCUT2D eigenvalue weighted by Crippen LogP contribution is 2.27. The van der Waals surface area contributed by atoms with Gasteiger partial charge in [-0.3, -0.25) is 4.72 Å². The van der Waals surface area contributed by atoms with Crippen LogP contribution >= 0.6 is 23.2 Å². The van der Waals surface area contributed by atoms with Crippen LogP contribution in [0.2, 0.25) is 10.2 Å². The Morgan fingerprint density at radius 3 is 2.73 bits per heavy atom. The lowest BCUT2D eigenvalue weighted by Crippen LogP contribution is -2.13. The molecule has 9 heteroatoms. The fraction of sp³-hybridized carbons (Fsp3) is 0. The van der Waals surface area contributed by atoms with E-state index in [0.29, 0.717) is 15.9 Å². The van der Waals surface area contributed by atoms with Gasteiger partial charge in [-0.1, -0.05) is 23.2 Å². The Morgan fingerprint density at radius 1 is 1.23 bits per heavy atom. The standard InChI is InChI=1S/C13H8Cl2FN3O2S/c14-7-1-2-9-11(3-7)17-6-12(9)22(20,21)19-8-4-10(16)13(15)18-5-8/h1-6,17,19H. The zero-order valence-corrected chi connectivity index (χ0v) is 13.1. The number of nitrogens with zero attached hydrogens (tertiary/aromatic N) is 1. The lowest BCUT2D eigenvalue weighted by atomic mass is 10.2. The number of rotatable bonds is 3. The quantitative estimate of drug-likeness (QED) is 0.698. The van der Waals surface area contributed by atoms with Crippen LogP contribution in [0.1, 0.15) is 0 Å². The highest BCUT2D eigenvalue weighted by Gasteiger charge is 2.20. The van der Waals surface area contributed by atoms with Crippen LogP contribution in [-0.4, -0.2) is 18.4 Å². The molecule has 0 amide bonds. The minimum Gasteiger partial charge on any atom is -0.360 e. The van der Waals surface area contributed by atoms with E-state index in [1.807, 2.05) is 0 Å². The molecule has 5 nitrogen and oxygen atoms in total. The smallest absolute Gasteiger partial charge is 0.264 e. The van der Waals surface area contributed by atoms with E-state index in [1.54, 1.807) is 18.2 Å². The molecular formula is C13H8Cl2FN3O2S. The Hall–Kier alpha value is -1.83. The molecule has 0 unspecified atom stereocenters. The number of fused-ring (bicyclic) bond motifs is 1. The molecule has 0 fully saturated rings. The van der Waals surface area contributed by atoms with E-state index in [0.717, 1.165) is 12.3 Å². The number of aromatic amines is 1. The Kier molecular flexibility index (Phi) is 3.72. The summed E-state index contributed by atoms with van der Waals surface area (Å²) >= 11 is 11.3. The molecule has 3 rings (SSSR count). The third-order valence-electron chi connectivity index (χ3n) is 2.94. The molecule has 0 saturated carbocycles. The van der Waals surface area contributed by atoms with Crippen molar-refractivity contribution in [2.45, 2.75) is 4.90 Å². The number of anilines is 1. The van der Waals surface area contributed by atoms with E-state index in [-0.39, 0.29) is 15.7 Å². The molecule has 0 atom stereocenters. The van der Waals surface area contributed by atoms with E-state index in [2.05, 4.69) is 14.7 Å². The molecule has 0 saturated heterocycles. The summed E-state index contributed by atoms with van der Waals surface area (Å²) in [5, 5.41) is 0.624. The van der Waals surface area contributed by atoms with Crippen LogP contribution in [0.5, 0.6) is 0 Å². The van der Waals surface area contributed by atoms with Gasteiger partial charge in [0, 0.05) is 28.2 Å². The highest BCUT2D eigenvalue weighted by atomic mass is 35.5. The largest absolute Gasteiger partial charge is 0.360 e. The molecule has 0 aliphatic carbocycles. The first-order chi connectivity index (χ1) is 10.4. The van der Waals surface area contributed by atoms with Crippen LogP contribution < -0.4 is 4.72 Å². The van der Waals surface area contributed by atoms with Crippen molar-refractivity contribution in [3.63, 3.8) is 0 Å². The third kappa shape index (κ3) is 2.75. The van der Waals surface area contributed by atoms with Gasteiger partial charge in [0.2, 0.25) is 0 Å². The molecule has 0 radical (unpaired) electrons. The predicted molar refractivity (Wildman–Crippen MR) is 83.3 cm³/mol. The number of hydrogen-bond donors (Lipinski definition) is 2. The summed E-state index contributed by atoms with van der Waals surface area (Å²) in [5.41, 5.74) is 0.554. The average molecular weight is 360 g/mol. The summed E-state index contributed by atoms with van der Waals surface area (Å²) in [4.78, 5) is 6.41. The summed E-state index contributed by atoms with van der Waals surface area (Å²) in [7, 11) is -3.91. The van der Waals surface area contributed by atoms with Gasteiger partial charge in [-0.2, -0.15) is 0 Å². The minimum atomic E-state index is -3.91. The Morgan fingerprint density at radius 2 is 2.00 bits per heavy atom. The second-order valence-corrected chi connectivity index (χ2v) is 6.89. The summed E-state index contributed by atoms with van der Waals surface area (Å²) in [6, 6.07) is 5.74. The molecule has 0 aliphatic rings. The Balaban J connectivity index is 2.02. The fourth-order valence-corrected chi connectivity index (χ4v) is 3.47. The Labute approximate surface area is 135 Å². The number of hydrogen-bond acceptors (Lipinski definition) is 3. The first-order valence-electron chi connectivity index (χ1n) is 5.97. The van der Waals surface area contributed by atoms with Gasteiger partial charge in [0.25, 0.3) is 10.0 Å². The van der Waals surface area contributed by atoms with Crippen LogP contribution in [0.15, 0.2) is 41.6 Å². The molecule has 2 N–H and O–H groups in total. The monoisotopic (exact) mass is 359 g/mol. The zero-order valence-electron chi connectivity index (χ0n) is 10.8. The van der Waals surface area contributed by atoms with Crippen LogP contribution in [-0.2, 0) is 10.0 Å². The zero-order chi connectivity index (χ0) is 15.9. The molecule has 0 bridgehead atoms. The van der Waals surface area contributed by atoms with Gasteiger partial charge < -0.3 is 4.98 Å². The van der Waals surface area contributed by atoms with Gasteiger partial charge in [-0.15, -0.1) is 0 Å². The van der Waals surface area contributed by atoms with Crippen LogP contribution in [0.4, 0.5) is 10.1 Å². The average Bonchev–Trinajstić information content (AvgIpc) is 2.86. The van der Waals surface area contributed by atoms with Gasteiger partial charge in [0.15, 0.2) is 11.0 Å². The summed E-state index contributed by atoms with van der Waals surface area (Å²) in [5.74, 6) is -0.812. The number of pyridine rings is 1. The second-order valence-electron chi connectivity index (χ2n) is 4.44. The van der Waals surface area contributed by atoms with Crippen molar-refractivity contribution in [3.05, 3.63) is 52.7 Å². The van der Waals surface area contributed by atoms with Crippen molar-refractivity contribution in [2.24, 2.45) is 0 Å². The molecule has 2 heterocycles. The van der Waals surface area contributed by atoms with Crippen molar-refractivity contribution < 1.29 is 12.8 Å². The molecule has 0 aliphatic heterocycles. The van der Waals surface area contributed by atoms with Crippen LogP contribution in [0.3, 0.4) is 0 Å². The highest BCUT2D eigenvalue weighted by molar-refractivity contribution is 7.93. The van der Waals surface area contributed by atoms with Gasteiger partial charge in [-0.05, 0) is 18.2 Å². The normalized spacial score (nSPS) is 11.8. The van der Waals surface area contributed by atoms with Gasteiger partial charge in [0.1, 0.15) is 4.90 Å². The maximum Gasteiger partial charge on any atom is 0.264 e. The third-order valence-corrected chi connectivity index (χ3v) is 4.88. The van der Waals surface area contributed by atoms with Crippen molar-refractivity contribution in [1.29, 1.82) is 0 Å². The van der Waals surface area contributed by atoms with Crippen LogP contribution in [0, 0.1) is 5.82 Å². The fourth-order valence-electron chi connectivity index (χ4n) is 1.98. The van der Waals surface area contributed by atoms with Crippen molar-refractivity contribution in [1.82, 2.24) is 9.97 Å². The number of H-pyrrole nitrogens is 1. The molecular weight excluding hydrogens is 352 g/mol. The number of aromatic nitrogens is 2. The van der Waals surface area contributed by atoms with E-state index in [4.69, 9.17) is 23.2 Å². The van der Waals surface area contributed by atoms with Gasteiger partial charge in [0.05, 0.1) is 11.9 Å². The van der Waals surface area contributed by atoms with Crippen molar-refractivity contribution in [3.8, 4) is 0 Å². The summed E-state index contributed by atoms with van der Waals surface area (Å²) in [6.45, 7) is 0. The number of benzene rings is 1. The molecule has 114 valence electrons. The van der Waals surface area contributed by atoms with E-state index >= 15 is 0 Å². The second kappa shape index (κ2) is 5.42. The maximum atomic E-state index is 13.3. The van der Waals surface area contributed by atoms with E-state index in [9.17, 15) is 12.8 Å². The van der Waals surface area contributed by atoms with E-state index < -0.39 is 15.8 Å². The number of sulfonamides is 1. The Bertz CT molecular complexity index is 973. The summed E-state index contributed by atoms with van der Waals surface area (Å²) < 4.78 is 40.4. The number of halogens is 3. The number of nitrogens with one attached hydrogen (secondary N) is 2. The summed E-state index contributed by atoms with van der Waals surface area (Å²) in [6.07, 6.45) is 2.47. The topological polar surface area (TPSA) is 74.8 Å². The maximum absolute atomic E-state index is 13.3. The van der Waals surface area contributed by atoms with Gasteiger partial charge >= 0.3 is 0 Å². The first-order valence-corrected chi connectivity index (χ1v) is 8.21. The lowest BCUT2D eigenvalue weighted by molar-refractivity contribution is 0.601. The molecule has 3 aromatic rings. The van der Waals surface area contributed by atoms with E-state index in [1.165, 1.54) is 6.20 Å². The molecule has 2 aromatic heterocycles. The predicted octanol–water partition coefficient (Wildman–Crippen LogP) is 3.81. The molecule has 0 spiro atoms. The van der Waals surface area contributed by atoms with Crippen LogP contribution in [0.25, 0.3) is 10.9 Å². The SMILES string of the molecule is O=S(=O)(Nc1cnc(Cl)c(F)c1)c1c[nH]c2cc(Cl)ccc12. The van der Waals surface area contributed by atoms with Gasteiger partial charge in [-0.25, -0.2) is 17.8 Å². The molecule has 1 aromatic carbocycles. The first kappa shape index (κ1) is 15.1. The van der Waals surface area contributed by atoms with Crippen molar-refractivity contribution >= 4 is 49.8 Å².